The molecule has 20 heavy (non-hydrogen) atoms. The van der Waals surface area contributed by atoms with E-state index in [9.17, 15) is 0 Å². The lowest BCUT2D eigenvalue weighted by atomic mass is 10.00. The summed E-state index contributed by atoms with van der Waals surface area (Å²) in [5.41, 5.74) is 8.80. The Morgan fingerprint density at radius 3 is 2.05 bits per heavy atom. The van der Waals surface area contributed by atoms with Gasteiger partial charge >= 0.3 is 0 Å². The third-order valence-electron chi connectivity index (χ3n) is 3.51. The van der Waals surface area contributed by atoms with Crippen molar-refractivity contribution in [1.82, 2.24) is 0 Å². The Morgan fingerprint density at radius 2 is 1.55 bits per heavy atom. The first kappa shape index (κ1) is 17.1. The van der Waals surface area contributed by atoms with E-state index in [4.69, 9.17) is 5.73 Å². The second-order valence-electron chi connectivity index (χ2n) is 7.22. The van der Waals surface area contributed by atoms with Crippen molar-refractivity contribution in [2.45, 2.75) is 45.7 Å². The van der Waals surface area contributed by atoms with Crippen LogP contribution in [-0.4, -0.2) is 30.7 Å². The second-order valence-corrected chi connectivity index (χ2v) is 7.22. The first-order valence-electron chi connectivity index (χ1n) is 7.09. The predicted molar refractivity (Wildman–Crippen MR) is 91.3 cm³/mol. The van der Waals surface area contributed by atoms with Crippen LogP contribution < -0.4 is 15.5 Å². The summed E-state index contributed by atoms with van der Waals surface area (Å²) in [6.45, 7) is 14.0. The zero-order valence-corrected chi connectivity index (χ0v) is 14.1. The number of halogens is 1. The van der Waals surface area contributed by atoms with E-state index < -0.39 is 0 Å². The van der Waals surface area contributed by atoms with E-state index in [-0.39, 0.29) is 23.5 Å². The molecule has 0 unspecified atom stereocenters. The van der Waals surface area contributed by atoms with Gasteiger partial charge in [0.1, 0.15) is 0 Å². The fourth-order valence-electron chi connectivity index (χ4n) is 2.77. The number of nitrogens with zero attached hydrogens (tertiary/aromatic N) is 2. The van der Waals surface area contributed by atoms with Crippen LogP contribution in [0.5, 0.6) is 0 Å². The van der Waals surface area contributed by atoms with Gasteiger partial charge in [0.25, 0.3) is 0 Å². The molecule has 0 aromatic heterocycles. The minimum atomic E-state index is -0.170. The molecule has 0 saturated heterocycles. The molecule has 0 fully saturated rings. The maximum atomic E-state index is 6.19. The minimum Gasteiger partial charge on any atom is -0.366 e. The maximum Gasteiger partial charge on any atom is 0.0609 e. The van der Waals surface area contributed by atoms with E-state index >= 15 is 0 Å². The SMILES string of the molecule is CC(C)(N)CN1CCN(C(C)(C)C)c2ccccc21.Cl. The predicted octanol–water partition coefficient (Wildman–Crippen LogP) is 3.27. The molecule has 0 atom stereocenters. The average Bonchev–Trinajstić information content (AvgIpc) is 2.25. The quantitative estimate of drug-likeness (QED) is 0.909. The number of hydrogen-bond acceptors (Lipinski definition) is 3. The Hall–Kier alpha value is -0.930. The molecule has 0 amide bonds. The van der Waals surface area contributed by atoms with Gasteiger partial charge in [0.05, 0.1) is 11.4 Å². The van der Waals surface area contributed by atoms with Crippen LogP contribution in [0.4, 0.5) is 11.4 Å². The molecule has 1 aromatic rings. The molecular formula is C16H28ClN3. The van der Waals surface area contributed by atoms with Crippen LogP contribution in [0.1, 0.15) is 34.6 Å². The first-order valence-corrected chi connectivity index (χ1v) is 7.09. The van der Waals surface area contributed by atoms with Gasteiger partial charge in [0.2, 0.25) is 0 Å². The monoisotopic (exact) mass is 297 g/mol. The summed E-state index contributed by atoms with van der Waals surface area (Å²) in [5.74, 6) is 0. The van der Waals surface area contributed by atoms with E-state index in [1.807, 2.05) is 0 Å². The van der Waals surface area contributed by atoms with Crippen LogP contribution in [0.15, 0.2) is 24.3 Å². The lowest BCUT2D eigenvalue weighted by Crippen LogP contribution is -2.53. The number of hydrogen-bond donors (Lipinski definition) is 1. The van der Waals surface area contributed by atoms with Crippen LogP contribution in [0.2, 0.25) is 0 Å². The van der Waals surface area contributed by atoms with Crippen molar-refractivity contribution in [3.63, 3.8) is 0 Å². The summed E-state index contributed by atoms with van der Waals surface area (Å²) < 4.78 is 0. The molecule has 1 aromatic carbocycles. The highest BCUT2D eigenvalue weighted by molar-refractivity contribution is 5.85. The van der Waals surface area contributed by atoms with E-state index in [1.165, 1.54) is 11.4 Å². The van der Waals surface area contributed by atoms with Crippen LogP contribution in [0.3, 0.4) is 0 Å². The fraction of sp³-hybridized carbons (Fsp3) is 0.625. The smallest absolute Gasteiger partial charge is 0.0609 e. The minimum absolute atomic E-state index is 0. The summed E-state index contributed by atoms with van der Waals surface area (Å²) in [6, 6.07) is 8.66. The van der Waals surface area contributed by atoms with Crippen LogP contribution >= 0.6 is 12.4 Å². The Kier molecular flexibility index (Phi) is 4.99. The van der Waals surface area contributed by atoms with Gasteiger partial charge in [0.15, 0.2) is 0 Å². The van der Waals surface area contributed by atoms with Gasteiger partial charge in [0, 0.05) is 30.7 Å². The number of fused-ring (bicyclic) bond motifs is 1. The van der Waals surface area contributed by atoms with E-state index in [0.717, 1.165) is 19.6 Å². The molecule has 0 radical (unpaired) electrons. The molecule has 0 bridgehead atoms. The molecular weight excluding hydrogens is 270 g/mol. The summed E-state index contributed by atoms with van der Waals surface area (Å²) in [5, 5.41) is 0. The van der Waals surface area contributed by atoms with Gasteiger partial charge in [-0.1, -0.05) is 12.1 Å². The van der Waals surface area contributed by atoms with Crippen LogP contribution in [0.25, 0.3) is 0 Å². The van der Waals surface area contributed by atoms with Gasteiger partial charge in [-0.25, -0.2) is 0 Å². The third-order valence-corrected chi connectivity index (χ3v) is 3.51. The molecule has 2 rings (SSSR count). The highest BCUT2D eigenvalue weighted by Gasteiger charge is 2.30. The average molecular weight is 298 g/mol. The lowest BCUT2D eigenvalue weighted by molar-refractivity contribution is 0.466. The molecule has 0 spiro atoms. The third kappa shape index (κ3) is 3.80. The number of rotatable bonds is 2. The summed E-state index contributed by atoms with van der Waals surface area (Å²) in [7, 11) is 0. The Bertz CT molecular complexity index is 446. The van der Waals surface area contributed by atoms with Crippen molar-refractivity contribution < 1.29 is 0 Å². The Labute approximate surface area is 129 Å². The number of anilines is 2. The molecule has 3 nitrogen and oxygen atoms in total. The van der Waals surface area contributed by atoms with Crippen molar-refractivity contribution >= 4 is 23.8 Å². The molecule has 4 heteroatoms. The van der Waals surface area contributed by atoms with Crippen molar-refractivity contribution in [3.8, 4) is 0 Å². The largest absolute Gasteiger partial charge is 0.366 e. The number of nitrogens with two attached hydrogens (primary N) is 1. The van der Waals surface area contributed by atoms with Crippen molar-refractivity contribution in [2.75, 3.05) is 29.4 Å². The van der Waals surface area contributed by atoms with Crippen LogP contribution in [-0.2, 0) is 0 Å². The molecule has 1 aliphatic rings. The Morgan fingerprint density at radius 1 is 1.00 bits per heavy atom. The van der Waals surface area contributed by atoms with Gasteiger partial charge in [-0.05, 0) is 46.8 Å². The van der Waals surface area contributed by atoms with Crippen LogP contribution in [0, 0.1) is 0 Å². The summed E-state index contributed by atoms with van der Waals surface area (Å²) >= 11 is 0. The molecule has 0 aliphatic carbocycles. The molecule has 1 aliphatic heterocycles. The zero-order valence-electron chi connectivity index (χ0n) is 13.3. The zero-order chi connectivity index (χ0) is 14.3. The Balaban J connectivity index is 0.00000200. The molecule has 114 valence electrons. The normalized spacial score (nSPS) is 15.7. The van der Waals surface area contributed by atoms with Gasteiger partial charge in [-0.3, -0.25) is 0 Å². The standard InChI is InChI=1S/C16H27N3.ClH/c1-15(2,3)19-11-10-18(12-16(4,5)17)13-8-6-7-9-14(13)19;/h6-9H,10-12,17H2,1-5H3;1H. The van der Waals surface area contributed by atoms with Crippen molar-refractivity contribution in [1.29, 1.82) is 0 Å². The number of para-hydroxylation sites is 2. The lowest BCUT2D eigenvalue weighted by Gasteiger charge is -2.46. The fourth-order valence-corrected chi connectivity index (χ4v) is 2.77. The maximum absolute atomic E-state index is 6.19. The summed E-state index contributed by atoms with van der Waals surface area (Å²) in [6.07, 6.45) is 0. The highest BCUT2D eigenvalue weighted by Crippen LogP contribution is 2.37. The molecule has 2 N–H and O–H groups in total. The van der Waals surface area contributed by atoms with Crippen molar-refractivity contribution in [3.05, 3.63) is 24.3 Å². The topological polar surface area (TPSA) is 32.5 Å². The molecule has 0 saturated carbocycles. The van der Waals surface area contributed by atoms with E-state index in [1.54, 1.807) is 0 Å². The van der Waals surface area contributed by atoms with Gasteiger partial charge in [-0.15, -0.1) is 12.4 Å². The van der Waals surface area contributed by atoms with Gasteiger partial charge in [-0.2, -0.15) is 0 Å². The first-order chi connectivity index (χ1) is 8.68. The highest BCUT2D eigenvalue weighted by atomic mass is 35.5. The van der Waals surface area contributed by atoms with E-state index in [0.29, 0.717) is 0 Å². The van der Waals surface area contributed by atoms with Crippen molar-refractivity contribution in [2.24, 2.45) is 5.73 Å². The molecule has 1 heterocycles. The second kappa shape index (κ2) is 5.82. The summed E-state index contributed by atoms with van der Waals surface area (Å²) in [4.78, 5) is 4.90. The van der Waals surface area contributed by atoms with E-state index in [2.05, 4.69) is 68.7 Å². The van der Waals surface area contributed by atoms with Gasteiger partial charge < -0.3 is 15.5 Å². The number of benzene rings is 1.